The van der Waals surface area contributed by atoms with Gasteiger partial charge in [0.25, 0.3) is 0 Å². The summed E-state index contributed by atoms with van der Waals surface area (Å²) in [5.41, 5.74) is 0. The van der Waals surface area contributed by atoms with Crippen LogP contribution < -0.4 is 0 Å². The Labute approximate surface area is 73.2 Å². The highest BCUT2D eigenvalue weighted by Gasteiger charge is 2.28. The second-order valence-corrected chi connectivity index (χ2v) is 3.54. The van der Waals surface area contributed by atoms with E-state index < -0.39 is 26.6 Å². The Morgan fingerprint density at radius 3 is 2.58 bits per heavy atom. The van der Waals surface area contributed by atoms with E-state index in [1.807, 2.05) is 0 Å². The van der Waals surface area contributed by atoms with Crippen molar-refractivity contribution in [3.63, 3.8) is 0 Å². The van der Waals surface area contributed by atoms with Crippen molar-refractivity contribution in [2.24, 2.45) is 0 Å². The van der Waals surface area contributed by atoms with Crippen molar-refractivity contribution in [1.82, 2.24) is 0 Å². The maximum atomic E-state index is 9.26. The zero-order chi connectivity index (χ0) is 9.14. The zero-order valence-corrected chi connectivity index (χ0v) is 7.26. The van der Waals surface area contributed by atoms with Gasteiger partial charge in [0, 0.05) is 6.00 Å². The van der Waals surface area contributed by atoms with Crippen molar-refractivity contribution in [1.29, 1.82) is 0 Å². The topological polar surface area (TPSA) is 69.9 Å². The van der Waals surface area contributed by atoms with E-state index in [0.717, 1.165) is 0 Å². The monoisotopic (exact) mass is 188 g/mol. The van der Waals surface area contributed by atoms with Gasteiger partial charge < -0.3 is 19.6 Å². The molecule has 66 valence electrons. The van der Waals surface area contributed by atoms with Crippen LogP contribution in [-0.2, 0) is 4.74 Å². The third kappa shape index (κ3) is 2.85. The Bertz CT molecular complexity index is 175. The SMILES string of the molecule is [B]C1C[C@@H](O)C(/C=C/P(O)O)O1. The van der Waals surface area contributed by atoms with E-state index in [0.29, 0.717) is 6.42 Å². The molecule has 1 fully saturated rings. The van der Waals surface area contributed by atoms with Crippen LogP contribution in [0, 0.1) is 0 Å². The fraction of sp³-hybridized carbons (Fsp3) is 0.667. The average Bonchev–Trinajstić information content (AvgIpc) is 2.26. The molecule has 6 heteroatoms. The molecule has 2 radical (unpaired) electrons. The summed E-state index contributed by atoms with van der Waals surface area (Å²) >= 11 is 0. The van der Waals surface area contributed by atoms with Gasteiger partial charge in [-0.25, -0.2) is 0 Å². The smallest absolute Gasteiger partial charge is 0.191 e. The third-order valence-corrected chi connectivity index (χ3v) is 2.03. The lowest BCUT2D eigenvalue weighted by Gasteiger charge is -2.08. The van der Waals surface area contributed by atoms with Gasteiger partial charge in [-0.05, 0) is 18.3 Å². The largest absolute Gasteiger partial charge is 0.390 e. The first kappa shape index (κ1) is 10.2. The molecule has 4 nitrogen and oxygen atoms in total. The molecule has 0 saturated carbocycles. The van der Waals surface area contributed by atoms with Crippen LogP contribution in [0.25, 0.3) is 0 Å². The minimum absolute atomic E-state index is 0.379. The highest BCUT2D eigenvalue weighted by atomic mass is 31.2. The van der Waals surface area contributed by atoms with Crippen LogP contribution in [0.1, 0.15) is 6.42 Å². The lowest BCUT2D eigenvalue weighted by molar-refractivity contribution is 0.0648. The van der Waals surface area contributed by atoms with Crippen molar-refractivity contribution in [2.75, 3.05) is 0 Å². The van der Waals surface area contributed by atoms with Gasteiger partial charge in [-0.3, -0.25) is 0 Å². The second kappa shape index (κ2) is 4.35. The molecule has 3 N–H and O–H groups in total. The molecule has 1 saturated heterocycles. The first-order valence-corrected chi connectivity index (χ1v) is 4.85. The first-order valence-electron chi connectivity index (χ1n) is 3.54. The number of aliphatic hydroxyl groups is 1. The fourth-order valence-corrected chi connectivity index (χ4v) is 1.38. The van der Waals surface area contributed by atoms with Crippen LogP contribution >= 0.6 is 8.38 Å². The summed E-state index contributed by atoms with van der Waals surface area (Å²) in [6.45, 7) is 0. The van der Waals surface area contributed by atoms with Gasteiger partial charge in [-0.2, -0.15) is 0 Å². The Kier molecular flexibility index (Phi) is 3.68. The van der Waals surface area contributed by atoms with Crippen molar-refractivity contribution in [2.45, 2.75) is 24.6 Å². The van der Waals surface area contributed by atoms with Gasteiger partial charge in [0.15, 0.2) is 8.38 Å². The van der Waals surface area contributed by atoms with E-state index in [9.17, 15) is 5.11 Å². The highest BCUT2D eigenvalue weighted by Crippen LogP contribution is 2.27. The normalized spacial score (nSPS) is 36.8. The molecule has 0 aromatic carbocycles. The molecule has 2 unspecified atom stereocenters. The van der Waals surface area contributed by atoms with Gasteiger partial charge in [-0.1, -0.05) is 0 Å². The Morgan fingerprint density at radius 1 is 1.50 bits per heavy atom. The summed E-state index contributed by atoms with van der Waals surface area (Å²) in [4.78, 5) is 17.1. The molecular formula is C6H10BO4P. The molecule has 1 rings (SSSR count). The van der Waals surface area contributed by atoms with Crippen LogP contribution in [0.3, 0.4) is 0 Å². The van der Waals surface area contributed by atoms with Crippen LogP contribution in [0.5, 0.6) is 0 Å². The summed E-state index contributed by atoms with van der Waals surface area (Å²) in [6.07, 6.45) is 0.642. The fourth-order valence-electron chi connectivity index (χ4n) is 1.06. The van der Waals surface area contributed by atoms with Gasteiger partial charge in [0.1, 0.15) is 14.0 Å². The minimum atomic E-state index is -2.06. The zero-order valence-electron chi connectivity index (χ0n) is 6.37. The van der Waals surface area contributed by atoms with E-state index in [1.165, 1.54) is 11.9 Å². The first-order chi connectivity index (χ1) is 5.59. The lowest BCUT2D eigenvalue weighted by atomic mass is 9.96. The van der Waals surface area contributed by atoms with Crippen LogP contribution in [0.2, 0.25) is 0 Å². The summed E-state index contributed by atoms with van der Waals surface area (Å²) in [7, 11) is 3.32. The molecule has 0 aliphatic carbocycles. The number of hydrogen-bond acceptors (Lipinski definition) is 4. The molecule has 0 aromatic heterocycles. The lowest BCUT2D eigenvalue weighted by Crippen LogP contribution is -2.17. The van der Waals surface area contributed by atoms with E-state index in [-0.39, 0.29) is 0 Å². The van der Waals surface area contributed by atoms with Crippen LogP contribution in [0.15, 0.2) is 11.9 Å². The van der Waals surface area contributed by atoms with Crippen molar-refractivity contribution in [3.05, 3.63) is 11.9 Å². The predicted molar refractivity (Wildman–Crippen MR) is 45.5 cm³/mol. The molecule has 0 spiro atoms. The summed E-state index contributed by atoms with van der Waals surface area (Å²) in [5, 5.41) is 9.26. The van der Waals surface area contributed by atoms with Crippen molar-refractivity contribution < 1.29 is 19.6 Å². The third-order valence-electron chi connectivity index (χ3n) is 1.59. The Hall–Kier alpha value is 0.0749. The molecular weight excluding hydrogens is 178 g/mol. The maximum Gasteiger partial charge on any atom is 0.191 e. The molecule has 0 bridgehead atoms. The van der Waals surface area contributed by atoms with E-state index in [2.05, 4.69) is 0 Å². The van der Waals surface area contributed by atoms with Crippen LogP contribution in [0.4, 0.5) is 0 Å². The summed E-state index contributed by atoms with van der Waals surface area (Å²) in [5.74, 6) is 1.20. The summed E-state index contributed by atoms with van der Waals surface area (Å²) < 4.78 is 5.05. The molecule has 1 aliphatic rings. The Balaban J connectivity index is 2.42. The van der Waals surface area contributed by atoms with E-state index in [4.69, 9.17) is 22.4 Å². The second-order valence-electron chi connectivity index (χ2n) is 2.60. The van der Waals surface area contributed by atoms with Crippen LogP contribution in [-0.4, -0.2) is 41.0 Å². The van der Waals surface area contributed by atoms with E-state index in [1.54, 1.807) is 0 Å². The molecule has 3 atom stereocenters. The standard InChI is InChI=1S/C6H10BO4P/c7-6-3-4(8)5(11-6)1-2-12(9)10/h1-2,4-6,8-10H,3H2/b2-1+/t4-,5?,6?/m1/s1. The quantitative estimate of drug-likeness (QED) is 0.401. The maximum absolute atomic E-state index is 9.26. The van der Waals surface area contributed by atoms with Crippen molar-refractivity contribution in [3.8, 4) is 0 Å². The molecule has 1 aliphatic heterocycles. The molecule has 12 heavy (non-hydrogen) atoms. The van der Waals surface area contributed by atoms with Gasteiger partial charge in [-0.15, -0.1) is 0 Å². The van der Waals surface area contributed by atoms with Gasteiger partial charge >= 0.3 is 0 Å². The molecule has 1 heterocycles. The van der Waals surface area contributed by atoms with Gasteiger partial charge in [0.05, 0.1) is 6.10 Å². The van der Waals surface area contributed by atoms with Crippen molar-refractivity contribution >= 4 is 16.2 Å². The highest BCUT2D eigenvalue weighted by molar-refractivity contribution is 7.48. The summed E-state index contributed by atoms with van der Waals surface area (Å²) in [6, 6.07) is -0.460. The number of rotatable bonds is 2. The minimum Gasteiger partial charge on any atom is -0.390 e. The Morgan fingerprint density at radius 2 is 2.17 bits per heavy atom. The number of hydrogen-bond donors (Lipinski definition) is 3. The van der Waals surface area contributed by atoms with Gasteiger partial charge in [0.2, 0.25) is 0 Å². The molecule has 0 amide bonds. The molecule has 0 aromatic rings. The van der Waals surface area contributed by atoms with E-state index >= 15 is 0 Å². The number of aliphatic hydroxyl groups excluding tert-OH is 1. The number of ether oxygens (including phenoxy) is 1. The predicted octanol–water partition coefficient (Wildman–Crippen LogP) is -0.559. The average molecular weight is 188 g/mol.